The van der Waals surface area contributed by atoms with Crippen LogP contribution < -0.4 is 10.2 Å². The molecular weight excluding hydrogens is 426 g/mol. The molecule has 0 radical (unpaired) electrons. The molecule has 3 aromatic heterocycles. The van der Waals surface area contributed by atoms with E-state index >= 15 is 0 Å². The summed E-state index contributed by atoms with van der Waals surface area (Å²) in [5.74, 6) is 3.34. The molecule has 1 aromatic carbocycles. The monoisotopic (exact) mass is 453 g/mol. The molecule has 4 heterocycles. The van der Waals surface area contributed by atoms with E-state index < -0.39 is 0 Å². The van der Waals surface area contributed by atoms with Gasteiger partial charge in [0.25, 0.3) is 0 Å². The Balaban J connectivity index is 1.55. The molecule has 1 fully saturated rings. The van der Waals surface area contributed by atoms with Crippen LogP contribution in [0.15, 0.2) is 36.5 Å². The molecule has 172 valence electrons. The first-order valence-electron chi connectivity index (χ1n) is 11.3. The topological polar surface area (TPSA) is 98.8 Å². The van der Waals surface area contributed by atoms with Crippen LogP contribution in [-0.2, 0) is 0 Å². The molecule has 9 heteroatoms. The Morgan fingerprint density at radius 2 is 1.74 bits per heavy atom. The van der Waals surface area contributed by atoms with Gasteiger partial charge in [0.2, 0.25) is 0 Å². The third kappa shape index (κ3) is 4.04. The molecule has 1 aliphatic heterocycles. The molecule has 1 saturated heterocycles. The molecule has 0 saturated carbocycles. The zero-order chi connectivity index (χ0) is 23.8. The molecule has 4 aromatic rings. The number of anilines is 3. The highest BCUT2D eigenvalue weighted by molar-refractivity contribution is 5.85. The number of rotatable bonds is 4. The Morgan fingerprint density at radius 1 is 0.941 bits per heavy atom. The minimum atomic E-state index is 0.418. The molecule has 0 aliphatic carbocycles. The summed E-state index contributed by atoms with van der Waals surface area (Å²) >= 11 is 0. The van der Waals surface area contributed by atoms with Crippen molar-refractivity contribution in [3.05, 3.63) is 59.0 Å². The maximum Gasteiger partial charge on any atom is 0.156 e. The quantitative estimate of drug-likeness (QED) is 0.501. The van der Waals surface area contributed by atoms with E-state index in [0.29, 0.717) is 28.8 Å². The number of likely N-dealkylation sites (N-methyl/N-ethyl adjacent to an activating group) is 1. The number of hydrogen-bond donors (Lipinski definition) is 1. The van der Waals surface area contributed by atoms with Gasteiger partial charge in [-0.25, -0.2) is 15.0 Å². The Bertz CT molecular complexity index is 1410. The summed E-state index contributed by atoms with van der Waals surface area (Å²) < 4.78 is 1.67. The first-order valence-corrected chi connectivity index (χ1v) is 11.3. The Kier molecular flexibility index (Phi) is 5.59. The van der Waals surface area contributed by atoms with Crippen molar-refractivity contribution in [1.82, 2.24) is 29.6 Å². The highest BCUT2D eigenvalue weighted by atomic mass is 15.4. The minimum Gasteiger partial charge on any atom is -0.354 e. The summed E-state index contributed by atoms with van der Waals surface area (Å²) in [4.78, 5) is 18.7. The summed E-state index contributed by atoms with van der Waals surface area (Å²) in [6.45, 7) is 9.79. The number of fused-ring (bicyclic) bond motifs is 1. The molecule has 0 amide bonds. The number of nitrogens with one attached hydrogen (secondary N) is 1. The van der Waals surface area contributed by atoms with Crippen molar-refractivity contribution >= 4 is 28.4 Å². The van der Waals surface area contributed by atoms with Crippen molar-refractivity contribution in [2.45, 2.75) is 20.8 Å². The van der Waals surface area contributed by atoms with E-state index in [1.807, 2.05) is 38.1 Å². The molecule has 0 bridgehead atoms. The first-order chi connectivity index (χ1) is 16.4. The van der Waals surface area contributed by atoms with E-state index in [4.69, 9.17) is 4.98 Å². The highest BCUT2D eigenvalue weighted by Gasteiger charge is 2.19. The lowest BCUT2D eigenvalue weighted by molar-refractivity contribution is 0.312. The Morgan fingerprint density at radius 3 is 2.50 bits per heavy atom. The number of para-hydroxylation sites is 1. The standard InChI is InChI=1S/C25H27N9/c1-16-6-5-7-20-17(2)12-23(31-24(16)20)34-25(19(14-26)15-27-34)30-21-13-22(29-18(3)28-21)33-10-8-32(4)9-11-33/h5-7,12-13,15H,8-11H2,1-4H3,(H,28,29,30). The fourth-order valence-electron chi connectivity index (χ4n) is 4.31. The van der Waals surface area contributed by atoms with Crippen molar-refractivity contribution < 1.29 is 0 Å². The normalized spacial score (nSPS) is 14.4. The number of nitrogens with zero attached hydrogens (tertiary/aromatic N) is 8. The van der Waals surface area contributed by atoms with Crippen LogP contribution >= 0.6 is 0 Å². The maximum atomic E-state index is 9.76. The second-order valence-corrected chi connectivity index (χ2v) is 8.77. The first kappa shape index (κ1) is 21.8. The van der Waals surface area contributed by atoms with Crippen molar-refractivity contribution in [3.63, 3.8) is 0 Å². The van der Waals surface area contributed by atoms with Crippen LogP contribution in [0.4, 0.5) is 17.5 Å². The summed E-state index contributed by atoms with van der Waals surface area (Å²) in [5.41, 5.74) is 3.53. The fraction of sp³-hybridized carbons (Fsp3) is 0.320. The molecule has 0 unspecified atom stereocenters. The number of pyridine rings is 1. The highest BCUT2D eigenvalue weighted by Crippen LogP contribution is 2.28. The lowest BCUT2D eigenvalue weighted by Crippen LogP contribution is -2.44. The van der Waals surface area contributed by atoms with Gasteiger partial charge in [-0.3, -0.25) is 0 Å². The van der Waals surface area contributed by atoms with E-state index in [1.54, 1.807) is 10.9 Å². The fourth-order valence-corrected chi connectivity index (χ4v) is 4.31. The summed E-state index contributed by atoms with van der Waals surface area (Å²) in [5, 5.41) is 18.7. The van der Waals surface area contributed by atoms with Crippen molar-refractivity contribution in [1.29, 1.82) is 5.26 Å². The van der Waals surface area contributed by atoms with Crippen molar-refractivity contribution in [2.24, 2.45) is 0 Å². The van der Waals surface area contributed by atoms with E-state index in [2.05, 4.69) is 56.3 Å². The average Bonchev–Trinajstić information content (AvgIpc) is 3.22. The third-order valence-electron chi connectivity index (χ3n) is 6.24. The van der Waals surface area contributed by atoms with Gasteiger partial charge in [-0.2, -0.15) is 15.0 Å². The molecule has 0 spiro atoms. The zero-order valence-corrected chi connectivity index (χ0v) is 19.9. The SMILES string of the molecule is Cc1nc(Nc2c(C#N)cnn2-c2cc(C)c3cccc(C)c3n2)cc(N2CCN(C)CC2)n1. The Hall–Kier alpha value is -4.03. The van der Waals surface area contributed by atoms with Crippen LogP contribution in [-0.4, -0.2) is 62.9 Å². The number of piperazine rings is 1. The van der Waals surface area contributed by atoms with Gasteiger partial charge in [-0.1, -0.05) is 18.2 Å². The predicted molar refractivity (Wildman–Crippen MR) is 133 cm³/mol. The van der Waals surface area contributed by atoms with Crippen LogP contribution in [0.5, 0.6) is 0 Å². The second kappa shape index (κ2) is 8.72. The van der Waals surface area contributed by atoms with Gasteiger partial charge in [0.1, 0.15) is 29.1 Å². The van der Waals surface area contributed by atoms with Crippen LogP contribution in [0.3, 0.4) is 0 Å². The van der Waals surface area contributed by atoms with Gasteiger partial charge < -0.3 is 15.1 Å². The summed E-state index contributed by atoms with van der Waals surface area (Å²) in [6.07, 6.45) is 1.55. The number of aromatic nitrogens is 5. The lowest BCUT2D eigenvalue weighted by atomic mass is 10.1. The summed E-state index contributed by atoms with van der Waals surface area (Å²) in [7, 11) is 2.13. The molecule has 1 N–H and O–H groups in total. The Labute approximate surface area is 198 Å². The molecular formula is C25H27N9. The van der Waals surface area contributed by atoms with Crippen LogP contribution in [0.25, 0.3) is 16.7 Å². The molecule has 34 heavy (non-hydrogen) atoms. The van der Waals surface area contributed by atoms with Crippen molar-refractivity contribution in [3.8, 4) is 11.9 Å². The van der Waals surface area contributed by atoms with E-state index in [-0.39, 0.29) is 0 Å². The molecule has 0 atom stereocenters. The number of hydrogen-bond acceptors (Lipinski definition) is 8. The lowest BCUT2D eigenvalue weighted by Gasteiger charge is -2.33. The van der Waals surface area contributed by atoms with Gasteiger partial charge in [0.15, 0.2) is 11.6 Å². The van der Waals surface area contributed by atoms with E-state index in [0.717, 1.165) is 54.0 Å². The largest absolute Gasteiger partial charge is 0.354 e. The van der Waals surface area contributed by atoms with Crippen LogP contribution in [0, 0.1) is 32.1 Å². The van der Waals surface area contributed by atoms with E-state index in [9.17, 15) is 5.26 Å². The summed E-state index contributed by atoms with van der Waals surface area (Å²) in [6, 6.07) is 12.3. The van der Waals surface area contributed by atoms with Gasteiger partial charge in [0.05, 0.1) is 11.7 Å². The van der Waals surface area contributed by atoms with E-state index in [1.165, 1.54) is 0 Å². The molecule has 5 rings (SSSR count). The average molecular weight is 454 g/mol. The number of benzene rings is 1. The number of aryl methyl sites for hydroxylation is 3. The maximum absolute atomic E-state index is 9.76. The predicted octanol–water partition coefficient (Wildman–Crippen LogP) is 3.50. The van der Waals surface area contributed by atoms with Crippen molar-refractivity contribution in [2.75, 3.05) is 43.4 Å². The second-order valence-electron chi connectivity index (χ2n) is 8.77. The molecule has 9 nitrogen and oxygen atoms in total. The van der Waals surface area contributed by atoms with Gasteiger partial charge in [-0.15, -0.1) is 0 Å². The smallest absolute Gasteiger partial charge is 0.156 e. The van der Waals surface area contributed by atoms with Crippen LogP contribution in [0.2, 0.25) is 0 Å². The van der Waals surface area contributed by atoms with Gasteiger partial charge >= 0.3 is 0 Å². The minimum absolute atomic E-state index is 0.418. The van der Waals surface area contributed by atoms with Gasteiger partial charge in [0, 0.05) is 37.6 Å². The third-order valence-corrected chi connectivity index (χ3v) is 6.24. The van der Waals surface area contributed by atoms with Crippen LogP contribution in [0.1, 0.15) is 22.5 Å². The molecule has 1 aliphatic rings. The van der Waals surface area contributed by atoms with Gasteiger partial charge in [-0.05, 0) is 45.0 Å². The zero-order valence-electron chi connectivity index (χ0n) is 19.9. The number of nitriles is 1.